The lowest BCUT2D eigenvalue weighted by Crippen LogP contribution is -2.16. The van der Waals surface area contributed by atoms with Crippen molar-refractivity contribution in [2.75, 3.05) is 0 Å². The molecule has 0 N–H and O–H groups in total. The van der Waals surface area contributed by atoms with Gasteiger partial charge in [-0.25, -0.2) is 3.93 Å². The predicted octanol–water partition coefficient (Wildman–Crippen LogP) is 8.02. The zero-order valence-corrected chi connectivity index (χ0v) is 27.4. The molecule has 0 aliphatic carbocycles. The number of hydrogen-bond donors (Lipinski definition) is 0. The average molecular weight is 748 g/mol. The highest BCUT2D eigenvalue weighted by Crippen LogP contribution is 2.29. The molecular formula is C32H22Br3N5O2. The van der Waals surface area contributed by atoms with Crippen LogP contribution in [0.1, 0.15) is 57.3 Å². The first-order valence-corrected chi connectivity index (χ1v) is 15.5. The summed E-state index contributed by atoms with van der Waals surface area (Å²) < 4.78 is 0.979. The summed E-state index contributed by atoms with van der Waals surface area (Å²) >= 11 is 9.55. The van der Waals surface area contributed by atoms with Crippen LogP contribution in [0.5, 0.6) is 0 Å². The van der Waals surface area contributed by atoms with Gasteiger partial charge in [0.1, 0.15) is 24.3 Å². The van der Waals surface area contributed by atoms with E-state index in [-0.39, 0.29) is 11.8 Å². The minimum Gasteiger partial charge on any atom is -0.274 e. The van der Waals surface area contributed by atoms with Gasteiger partial charge in [-0.2, -0.15) is 21.0 Å². The lowest BCUT2D eigenvalue weighted by molar-refractivity contribution is -0.131. The maximum absolute atomic E-state index is 10.4. The van der Waals surface area contributed by atoms with E-state index in [1.807, 2.05) is 62.4 Å². The Morgan fingerprint density at radius 2 is 0.905 bits per heavy atom. The van der Waals surface area contributed by atoms with Crippen molar-refractivity contribution in [2.24, 2.45) is 0 Å². The Hall–Kier alpha value is -4.06. The van der Waals surface area contributed by atoms with E-state index >= 15 is 0 Å². The number of hydrogen-bond acceptors (Lipinski definition) is 6. The summed E-state index contributed by atoms with van der Waals surface area (Å²) in [5.74, 6) is -0.287. The molecule has 42 heavy (non-hydrogen) atoms. The van der Waals surface area contributed by atoms with E-state index in [1.54, 1.807) is 0 Å². The smallest absolute Gasteiger partial charge is 0.239 e. The second kappa shape index (κ2) is 14.7. The van der Waals surface area contributed by atoms with E-state index in [4.69, 9.17) is 10.5 Å². The number of aryl methyl sites for hydroxylation is 2. The number of nitrogens with zero attached hydrogens (tertiary/aromatic N) is 5. The minimum atomic E-state index is -0.144. The van der Waals surface area contributed by atoms with Crippen LogP contribution in [0.25, 0.3) is 21.5 Å². The summed E-state index contributed by atoms with van der Waals surface area (Å²) in [6, 6.07) is 24.1. The number of imide groups is 1. The van der Waals surface area contributed by atoms with Gasteiger partial charge in [-0.15, -0.1) is 0 Å². The molecular weight excluding hydrogens is 726 g/mol. The molecule has 0 unspecified atom stereocenters. The van der Waals surface area contributed by atoms with Crippen LogP contribution in [0, 0.1) is 59.2 Å². The largest absolute Gasteiger partial charge is 0.274 e. The first-order chi connectivity index (χ1) is 20.2. The van der Waals surface area contributed by atoms with Crippen LogP contribution in [0.4, 0.5) is 0 Å². The molecule has 7 nitrogen and oxygen atoms in total. The zero-order chi connectivity index (χ0) is 31.0. The summed E-state index contributed by atoms with van der Waals surface area (Å²) in [5, 5.41) is 41.5. The summed E-state index contributed by atoms with van der Waals surface area (Å²) in [4.78, 5) is 20.9. The van der Waals surface area contributed by atoms with Gasteiger partial charge in [0.05, 0.1) is 38.4 Å². The third-order valence-corrected chi connectivity index (χ3v) is 8.72. The van der Waals surface area contributed by atoms with Crippen molar-refractivity contribution in [3.05, 3.63) is 93.0 Å². The molecule has 1 saturated heterocycles. The third-order valence-electron chi connectivity index (χ3n) is 6.72. The SMILES string of the molecule is Cc1ccc2c(C#N)c(C)ccc2c1C#N.N#Cc1c(CBr)ccc2c(C#N)c(CBr)ccc12.O=C1CCC(=O)N1Br. The zero-order valence-electron chi connectivity index (χ0n) is 22.6. The lowest BCUT2D eigenvalue weighted by Gasteiger charge is -2.09. The topological polar surface area (TPSA) is 133 Å². The highest BCUT2D eigenvalue weighted by atomic mass is 79.9. The van der Waals surface area contributed by atoms with E-state index in [9.17, 15) is 20.1 Å². The van der Waals surface area contributed by atoms with Gasteiger partial charge in [0.25, 0.3) is 0 Å². The molecule has 0 radical (unpaired) electrons. The van der Waals surface area contributed by atoms with Gasteiger partial charge in [-0.3, -0.25) is 9.59 Å². The van der Waals surface area contributed by atoms with E-state index < -0.39 is 0 Å². The molecule has 4 aromatic rings. The molecule has 1 aliphatic heterocycles. The molecule has 5 rings (SSSR count). The molecule has 0 saturated carbocycles. The van der Waals surface area contributed by atoms with Gasteiger partial charge in [-0.05, 0) is 36.1 Å². The molecule has 0 spiro atoms. The number of amides is 2. The Morgan fingerprint density at radius 3 is 1.17 bits per heavy atom. The average Bonchev–Trinajstić information content (AvgIpc) is 3.30. The fraction of sp³-hybridized carbons (Fsp3) is 0.188. The van der Waals surface area contributed by atoms with Crippen LogP contribution in [0.15, 0.2) is 48.5 Å². The lowest BCUT2D eigenvalue weighted by atomic mass is 9.95. The van der Waals surface area contributed by atoms with Gasteiger partial charge in [0, 0.05) is 45.0 Å². The molecule has 1 heterocycles. The van der Waals surface area contributed by atoms with Crippen molar-refractivity contribution >= 4 is 81.4 Å². The van der Waals surface area contributed by atoms with Crippen molar-refractivity contribution in [2.45, 2.75) is 37.3 Å². The molecule has 0 atom stereocenters. The summed E-state index contributed by atoms with van der Waals surface area (Å²) in [6.45, 7) is 3.81. The molecule has 10 heteroatoms. The van der Waals surface area contributed by atoms with Crippen LogP contribution in [-0.4, -0.2) is 15.7 Å². The summed E-state index contributed by atoms with van der Waals surface area (Å²) in [5.41, 5.74) is 6.39. The molecule has 4 aromatic carbocycles. The molecule has 1 aliphatic rings. The molecule has 1 fully saturated rings. The normalized spacial score (nSPS) is 11.9. The van der Waals surface area contributed by atoms with Crippen molar-refractivity contribution in [1.29, 1.82) is 21.0 Å². The van der Waals surface area contributed by atoms with Crippen molar-refractivity contribution in [3.8, 4) is 24.3 Å². The van der Waals surface area contributed by atoms with Crippen molar-refractivity contribution in [3.63, 3.8) is 0 Å². The van der Waals surface area contributed by atoms with Crippen LogP contribution >= 0.6 is 48.0 Å². The van der Waals surface area contributed by atoms with Gasteiger partial charge < -0.3 is 0 Å². The quantitative estimate of drug-likeness (QED) is 0.116. The van der Waals surface area contributed by atoms with Crippen LogP contribution in [0.3, 0.4) is 0 Å². The highest BCUT2D eigenvalue weighted by molar-refractivity contribution is 9.09. The molecule has 0 bridgehead atoms. The van der Waals surface area contributed by atoms with E-state index in [0.29, 0.717) is 45.8 Å². The van der Waals surface area contributed by atoms with Crippen LogP contribution in [-0.2, 0) is 20.2 Å². The standard InChI is InChI=1S/C14H8Br2N2.C14H10N2.C4H4BrNO2/c15-5-9-1-3-11-12(13(9)7-17)4-2-10(6-16)14(11)8-18;1-9-3-5-12-11(13(9)7-15)6-4-10(2)14(12)8-16;5-6-3(7)1-2-4(6)8/h1-4H,5-6H2;3-6H,1-2H3;1-2H2. The first kappa shape index (κ1) is 32.5. The minimum absolute atomic E-state index is 0.144. The Kier molecular flexibility index (Phi) is 11.4. The van der Waals surface area contributed by atoms with Gasteiger partial charge in [0.15, 0.2) is 0 Å². The second-order valence-electron chi connectivity index (χ2n) is 9.19. The fourth-order valence-electron chi connectivity index (χ4n) is 4.45. The predicted molar refractivity (Wildman–Crippen MR) is 172 cm³/mol. The molecule has 0 aromatic heterocycles. The summed E-state index contributed by atoms with van der Waals surface area (Å²) in [6.07, 6.45) is 0.703. The Balaban J connectivity index is 0.000000185. The molecule has 2 amide bonds. The number of benzene rings is 4. The maximum atomic E-state index is 10.4. The number of rotatable bonds is 2. The first-order valence-electron chi connectivity index (χ1n) is 12.5. The molecule has 208 valence electrons. The van der Waals surface area contributed by atoms with Crippen molar-refractivity contribution < 1.29 is 9.59 Å². The monoisotopic (exact) mass is 745 g/mol. The Labute approximate surface area is 269 Å². The number of halogens is 3. The fourth-order valence-corrected chi connectivity index (χ4v) is 5.74. The second-order valence-corrected chi connectivity index (χ2v) is 11.0. The Bertz CT molecular complexity index is 1760. The van der Waals surface area contributed by atoms with E-state index in [1.165, 1.54) is 0 Å². The Morgan fingerprint density at radius 1 is 0.595 bits per heavy atom. The number of nitriles is 4. The highest BCUT2D eigenvalue weighted by Gasteiger charge is 2.26. The van der Waals surface area contributed by atoms with Crippen LogP contribution < -0.4 is 0 Å². The number of fused-ring (bicyclic) bond motifs is 2. The summed E-state index contributed by atoms with van der Waals surface area (Å²) in [7, 11) is 0. The van der Waals surface area contributed by atoms with E-state index in [2.05, 4.69) is 72.3 Å². The number of alkyl halides is 2. The van der Waals surface area contributed by atoms with Crippen molar-refractivity contribution in [1.82, 2.24) is 3.93 Å². The van der Waals surface area contributed by atoms with Crippen LogP contribution in [0.2, 0.25) is 0 Å². The van der Waals surface area contributed by atoms with E-state index in [0.717, 1.165) is 47.7 Å². The van der Waals surface area contributed by atoms with Gasteiger partial charge >= 0.3 is 0 Å². The third kappa shape index (κ3) is 6.70. The number of carbonyl (C=O) groups excluding carboxylic acids is 2. The van der Waals surface area contributed by atoms with Gasteiger partial charge in [0.2, 0.25) is 11.8 Å². The van der Waals surface area contributed by atoms with Gasteiger partial charge in [-0.1, -0.05) is 80.4 Å². The maximum Gasteiger partial charge on any atom is 0.239 e. The number of carbonyl (C=O) groups is 2.